The molecule has 0 bridgehead atoms. The van der Waals surface area contributed by atoms with Crippen LogP contribution in [0, 0.1) is 0 Å². The van der Waals surface area contributed by atoms with Crippen molar-refractivity contribution in [2.24, 2.45) is 0 Å². The molecule has 1 N–H and O–H groups in total. The second-order valence-electron chi connectivity index (χ2n) is 5.77. The van der Waals surface area contributed by atoms with Crippen LogP contribution >= 0.6 is 11.6 Å². The molecule has 0 saturated heterocycles. The number of rotatable bonds is 6. The summed E-state index contributed by atoms with van der Waals surface area (Å²) in [7, 11) is 1.62. The van der Waals surface area contributed by atoms with E-state index in [2.05, 4.69) is 17.2 Å². The highest BCUT2D eigenvalue weighted by molar-refractivity contribution is 6.30. The Balaban J connectivity index is 1.88. The van der Waals surface area contributed by atoms with Gasteiger partial charge < -0.3 is 9.30 Å². The summed E-state index contributed by atoms with van der Waals surface area (Å²) in [6, 6.07) is 13.0. The van der Waals surface area contributed by atoms with Gasteiger partial charge in [0.25, 0.3) is 0 Å². The molecule has 6 heteroatoms. The van der Waals surface area contributed by atoms with E-state index in [9.17, 15) is 4.79 Å². The van der Waals surface area contributed by atoms with Gasteiger partial charge in [-0.25, -0.2) is 4.98 Å². The number of halogens is 1. The highest BCUT2D eigenvalue weighted by Gasteiger charge is 2.15. The molecular weight excluding hydrogens is 338 g/mol. The summed E-state index contributed by atoms with van der Waals surface area (Å²) in [6.45, 7) is 2.85. The number of nitrogens with one attached hydrogen (secondary N) is 1. The first kappa shape index (κ1) is 17.3. The monoisotopic (exact) mass is 357 g/mol. The first-order valence-corrected chi connectivity index (χ1v) is 8.57. The summed E-state index contributed by atoms with van der Waals surface area (Å²) < 4.78 is 7.40. The third-order valence-electron chi connectivity index (χ3n) is 3.94. The van der Waals surface area contributed by atoms with Crippen molar-refractivity contribution in [3.05, 3.63) is 53.1 Å². The predicted molar refractivity (Wildman–Crippen MR) is 100 cm³/mol. The minimum absolute atomic E-state index is 0.117. The van der Waals surface area contributed by atoms with E-state index in [1.807, 2.05) is 34.9 Å². The smallest absolute Gasteiger partial charge is 0.231 e. The van der Waals surface area contributed by atoms with E-state index < -0.39 is 0 Å². The van der Waals surface area contributed by atoms with Gasteiger partial charge in [0.05, 0.1) is 19.0 Å². The van der Waals surface area contributed by atoms with Gasteiger partial charge in [0.1, 0.15) is 11.3 Å². The van der Waals surface area contributed by atoms with Crippen molar-refractivity contribution >= 4 is 34.5 Å². The molecule has 130 valence electrons. The first-order valence-electron chi connectivity index (χ1n) is 8.20. The number of benzene rings is 2. The Bertz CT molecular complexity index is 888. The molecule has 0 saturated carbocycles. The molecule has 5 nitrogen and oxygen atoms in total. The van der Waals surface area contributed by atoms with Crippen LogP contribution in [0.3, 0.4) is 0 Å². The normalized spacial score (nSPS) is 10.8. The fraction of sp³-hybridized carbons (Fsp3) is 0.263. The standard InChI is InChI=1S/C19H20ClN3O2/c1-3-11-23-15-5-4-6-16(25-2)18(15)22-19(23)21-17(24)12-13-7-9-14(20)10-8-13/h4-10H,3,11-12H2,1-2H3,(H,21,22,24). The van der Waals surface area contributed by atoms with Crippen LogP contribution in [-0.2, 0) is 17.8 Å². The maximum atomic E-state index is 12.4. The van der Waals surface area contributed by atoms with Crippen LogP contribution in [0.2, 0.25) is 5.02 Å². The van der Waals surface area contributed by atoms with Gasteiger partial charge in [-0.2, -0.15) is 0 Å². The molecule has 25 heavy (non-hydrogen) atoms. The summed E-state index contributed by atoms with van der Waals surface area (Å²) in [5.74, 6) is 1.12. The van der Waals surface area contributed by atoms with Crippen molar-refractivity contribution in [3.63, 3.8) is 0 Å². The molecule has 3 aromatic rings. The lowest BCUT2D eigenvalue weighted by molar-refractivity contribution is -0.115. The quantitative estimate of drug-likeness (QED) is 0.716. The summed E-state index contributed by atoms with van der Waals surface area (Å²) >= 11 is 5.88. The van der Waals surface area contributed by atoms with Gasteiger partial charge in [0.15, 0.2) is 0 Å². The Morgan fingerprint density at radius 3 is 2.68 bits per heavy atom. The number of ether oxygens (including phenoxy) is 1. The average Bonchev–Trinajstić information content (AvgIpc) is 2.94. The minimum Gasteiger partial charge on any atom is -0.494 e. The lowest BCUT2D eigenvalue weighted by Gasteiger charge is -2.09. The van der Waals surface area contributed by atoms with Crippen molar-refractivity contribution in [2.75, 3.05) is 12.4 Å². The topological polar surface area (TPSA) is 56.2 Å². The number of para-hydroxylation sites is 1. The lowest BCUT2D eigenvalue weighted by atomic mass is 10.1. The van der Waals surface area contributed by atoms with Crippen LogP contribution in [0.15, 0.2) is 42.5 Å². The second kappa shape index (κ2) is 7.57. The summed E-state index contributed by atoms with van der Waals surface area (Å²) in [6.07, 6.45) is 1.20. The minimum atomic E-state index is -0.117. The third kappa shape index (κ3) is 3.77. The molecule has 0 radical (unpaired) electrons. The van der Waals surface area contributed by atoms with Gasteiger partial charge in [-0.1, -0.05) is 36.7 Å². The maximum Gasteiger partial charge on any atom is 0.231 e. The molecule has 0 aliphatic rings. The van der Waals surface area contributed by atoms with Gasteiger partial charge >= 0.3 is 0 Å². The number of aromatic nitrogens is 2. The Kier molecular flexibility index (Phi) is 5.24. The lowest BCUT2D eigenvalue weighted by Crippen LogP contribution is -2.18. The number of nitrogens with zero attached hydrogens (tertiary/aromatic N) is 2. The number of imidazole rings is 1. The molecule has 0 spiro atoms. The number of amides is 1. The molecule has 1 heterocycles. The molecule has 0 fully saturated rings. The van der Waals surface area contributed by atoms with Crippen molar-refractivity contribution < 1.29 is 9.53 Å². The summed E-state index contributed by atoms with van der Waals surface area (Å²) in [5, 5.41) is 3.58. The molecule has 1 aromatic heterocycles. The highest BCUT2D eigenvalue weighted by atomic mass is 35.5. The van der Waals surface area contributed by atoms with Crippen LogP contribution in [0.1, 0.15) is 18.9 Å². The number of fused-ring (bicyclic) bond motifs is 1. The van der Waals surface area contributed by atoms with E-state index >= 15 is 0 Å². The van der Waals surface area contributed by atoms with Gasteiger partial charge in [-0.3, -0.25) is 10.1 Å². The summed E-state index contributed by atoms with van der Waals surface area (Å²) in [5.41, 5.74) is 2.60. The number of aryl methyl sites for hydroxylation is 1. The van der Waals surface area contributed by atoms with E-state index in [0.717, 1.165) is 29.6 Å². The van der Waals surface area contributed by atoms with Crippen LogP contribution < -0.4 is 10.1 Å². The number of hydrogen-bond acceptors (Lipinski definition) is 3. The Morgan fingerprint density at radius 1 is 1.24 bits per heavy atom. The number of methoxy groups -OCH3 is 1. The molecule has 0 unspecified atom stereocenters. The van der Waals surface area contributed by atoms with Crippen molar-refractivity contribution in [1.82, 2.24) is 9.55 Å². The fourth-order valence-corrected chi connectivity index (χ4v) is 2.91. The number of hydrogen-bond donors (Lipinski definition) is 1. The molecule has 1 amide bonds. The zero-order valence-electron chi connectivity index (χ0n) is 14.3. The predicted octanol–water partition coefficient (Wildman–Crippen LogP) is 4.29. The Hall–Kier alpha value is -2.53. The van der Waals surface area contributed by atoms with E-state index in [0.29, 0.717) is 16.7 Å². The Morgan fingerprint density at radius 2 is 2.00 bits per heavy atom. The van der Waals surface area contributed by atoms with E-state index in [4.69, 9.17) is 16.3 Å². The number of carbonyl (C=O) groups is 1. The number of anilines is 1. The molecule has 0 aliphatic carbocycles. The molecule has 0 atom stereocenters. The molecule has 0 aliphatic heterocycles. The fourth-order valence-electron chi connectivity index (χ4n) is 2.79. The maximum absolute atomic E-state index is 12.4. The third-order valence-corrected chi connectivity index (χ3v) is 4.19. The summed E-state index contributed by atoms with van der Waals surface area (Å²) in [4.78, 5) is 17.0. The van der Waals surface area contributed by atoms with E-state index in [-0.39, 0.29) is 12.3 Å². The highest BCUT2D eigenvalue weighted by Crippen LogP contribution is 2.28. The van der Waals surface area contributed by atoms with Gasteiger partial charge in [-0.15, -0.1) is 0 Å². The van der Waals surface area contributed by atoms with Crippen LogP contribution in [0.4, 0.5) is 5.95 Å². The van der Waals surface area contributed by atoms with Crippen molar-refractivity contribution in [3.8, 4) is 5.75 Å². The van der Waals surface area contributed by atoms with E-state index in [1.165, 1.54) is 0 Å². The molecule has 3 rings (SSSR count). The van der Waals surface area contributed by atoms with Gasteiger partial charge in [0.2, 0.25) is 11.9 Å². The van der Waals surface area contributed by atoms with Crippen molar-refractivity contribution in [2.45, 2.75) is 26.3 Å². The van der Waals surface area contributed by atoms with Crippen LogP contribution in [-0.4, -0.2) is 22.6 Å². The van der Waals surface area contributed by atoms with Gasteiger partial charge in [0, 0.05) is 11.6 Å². The van der Waals surface area contributed by atoms with Gasteiger partial charge in [-0.05, 0) is 36.2 Å². The zero-order chi connectivity index (χ0) is 17.8. The first-order chi connectivity index (χ1) is 12.1. The van der Waals surface area contributed by atoms with Crippen LogP contribution in [0.5, 0.6) is 5.75 Å². The van der Waals surface area contributed by atoms with E-state index in [1.54, 1.807) is 19.2 Å². The average molecular weight is 358 g/mol. The van der Waals surface area contributed by atoms with Crippen LogP contribution in [0.25, 0.3) is 11.0 Å². The zero-order valence-corrected chi connectivity index (χ0v) is 15.0. The largest absolute Gasteiger partial charge is 0.494 e. The van der Waals surface area contributed by atoms with Crippen molar-refractivity contribution in [1.29, 1.82) is 0 Å². The molecular formula is C19H20ClN3O2. The Labute approximate surface area is 151 Å². The SMILES string of the molecule is CCCn1c(NC(=O)Cc2ccc(Cl)cc2)nc2c(OC)cccc21. The molecule has 2 aromatic carbocycles. The number of carbonyl (C=O) groups excluding carboxylic acids is 1. The second-order valence-corrected chi connectivity index (χ2v) is 6.20.